The SMILES string of the molecule is O=C(COC(=O)c1ccco1)Nc1ccccc1C(F)(F)F. The van der Waals surface area contributed by atoms with E-state index in [4.69, 9.17) is 4.42 Å². The molecular formula is C14H10F3NO4. The van der Waals surface area contributed by atoms with Gasteiger partial charge in [-0.25, -0.2) is 4.79 Å². The van der Waals surface area contributed by atoms with Gasteiger partial charge in [0.1, 0.15) is 0 Å². The van der Waals surface area contributed by atoms with E-state index in [0.717, 1.165) is 12.1 Å². The van der Waals surface area contributed by atoms with E-state index in [1.165, 1.54) is 30.5 Å². The average molecular weight is 313 g/mol. The molecule has 2 rings (SSSR count). The largest absolute Gasteiger partial charge is 0.457 e. The number of alkyl halides is 3. The summed E-state index contributed by atoms with van der Waals surface area (Å²) in [6.07, 6.45) is -3.36. The van der Waals surface area contributed by atoms with E-state index < -0.39 is 35.9 Å². The number of rotatable bonds is 4. The number of amides is 1. The minimum atomic E-state index is -4.60. The summed E-state index contributed by atoms with van der Waals surface area (Å²) in [7, 11) is 0. The van der Waals surface area contributed by atoms with Gasteiger partial charge in [0.2, 0.25) is 5.76 Å². The van der Waals surface area contributed by atoms with Crippen molar-refractivity contribution in [2.45, 2.75) is 6.18 Å². The number of carbonyl (C=O) groups excluding carboxylic acids is 2. The summed E-state index contributed by atoms with van der Waals surface area (Å²) in [5.41, 5.74) is -1.39. The summed E-state index contributed by atoms with van der Waals surface area (Å²) < 4.78 is 47.6. The van der Waals surface area contributed by atoms with Crippen LogP contribution in [0.25, 0.3) is 0 Å². The molecule has 1 aromatic carbocycles. The highest BCUT2D eigenvalue weighted by atomic mass is 19.4. The molecule has 22 heavy (non-hydrogen) atoms. The third kappa shape index (κ3) is 3.87. The van der Waals surface area contributed by atoms with Crippen LogP contribution in [0.3, 0.4) is 0 Å². The molecule has 0 atom stereocenters. The molecule has 5 nitrogen and oxygen atoms in total. The van der Waals surface area contributed by atoms with Crippen LogP contribution in [-0.2, 0) is 15.7 Å². The van der Waals surface area contributed by atoms with Crippen molar-refractivity contribution in [1.29, 1.82) is 0 Å². The summed E-state index contributed by atoms with van der Waals surface area (Å²) in [5, 5.41) is 2.05. The quantitative estimate of drug-likeness (QED) is 0.881. The van der Waals surface area contributed by atoms with Gasteiger partial charge in [0, 0.05) is 0 Å². The van der Waals surface area contributed by atoms with Gasteiger partial charge in [-0.3, -0.25) is 4.79 Å². The molecule has 8 heteroatoms. The summed E-state index contributed by atoms with van der Waals surface area (Å²) >= 11 is 0. The van der Waals surface area contributed by atoms with Crippen molar-refractivity contribution in [3.63, 3.8) is 0 Å². The number of benzene rings is 1. The molecule has 1 heterocycles. The fourth-order valence-corrected chi connectivity index (χ4v) is 1.62. The normalized spacial score (nSPS) is 11.0. The van der Waals surface area contributed by atoms with E-state index in [-0.39, 0.29) is 5.76 Å². The van der Waals surface area contributed by atoms with Crippen molar-refractivity contribution < 1.29 is 31.9 Å². The van der Waals surface area contributed by atoms with Crippen molar-refractivity contribution >= 4 is 17.6 Å². The number of anilines is 1. The fraction of sp³-hybridized carbons (Fsp3) is 0.143. The van der Waals surface area contributed by atoms with E-state index in [0.29, 0.717) is 0 Å². The number of hydrogen-bond donors (Lipinski definition) is 1. The van der Waals surface area contributed by atoms with Crippen molar-refractivity contribution in [1.82, 2.24) is 0 Å². The van der Waals surface area contributed by atoms with Crippen LogP contribution in [0, 0.1) is 0 Å². The third-order valence-electron chi connectivity index (χ3n) is 2.56. The molecule has 1 N–H and O–H groups in total. The highest BCUT2D eigenvalue weighted by molar-refractivity contribution is 5.95. The smallest absolute Gasteiger partial charge is 0.418 e. The molecule has 1 amide bonds. The standard InChI is InChI=1S/C14H10F3NO4/c15-14(16,17)9-4-1-2-5-10(9)18-12(19)8-22-13(20)11-6-3-7-21-11/h1-7H,8H2,(H,18,19). The van der Waals surface area contributed by atoms with E-state index in [1.54, 1.807) is 0 Å². The van der Waals surface area contributed by atoms with Crippen LogP contribution in [-0.4, -0.2) is 18.5 Å². The summed E-state index contributed by atoms with van der Waals surface area (Å²) in [5.74, 6) is -1.88. The van der Waals surface area contributed by atoms with Gasteiger partial charge >= 0.3 is 12.1 Å². The maximum Gasteiger partial charge on any atom is 0.418 e. The molecule has 0 bridgehead atoms. The summed E-state index contributed by atoms with van der Waals surface area (Å²) in [4.78, 5) is 23.0. The van der Waals surface area contributed by atoms with Gasteiger partial charge in [-0.15, -0.1) is 0 Å². The first kappa shape index (κ1) is 15.6. The lowest BCUT2D eigenvalue weighted by molar-refractivity contribution is -0.137. The maximum absolute atomic E-state index is 12.7. The maximum atomic E-state index is 12.7. The molecule has 0 unspecified atom stereocenters. The number of esters is 1. The van der Waals surface area contributed by atoms with Crippen LogP contribution in [0.1, 0.15) is 16.1 Å². The number of halogens is 3. The highest BCUT2D eigenvalue weighted by Gasteiger charge is 2.33. The molecule has 116 valence electrons. The lowest BCUT2D eigenvalue weighted by Crippen LogP contribution is -2.22. The van der Waals surface area contributed by atoms with E-state index >= 15 is 0 Å². The third-order valence-corrected chi connectivity index (χ3v) is 2.56. The Bertz CT molecular complexity index is 665. The predicted octanol–water partition coefficient (Wildman–Crippen LogP) is 3.09. The Kier molecular flexibility index (Phi) is 4.50. The second-order valence-corrected chi connectivity index (χ2v) is 4.14. The Labute approximate surface area is 122 Å². The van der Waals surface area contributed by atoms with Crippen molar-refractivity contribution in [2.24, 2.45) is 0 Å². The van der Waals surface area contributed by atoms with Gasteiger partial charge in [0.05, 0.1) is 17.5 Å². The molecule has 0 aliphatic heterocycles. The molecule has 0 aliphatic rings. The zero-order valence-electron chi connectivity index (χ0n) is 11.0. The average Bonchev–Trinajstić information content (AvgIpc) is 2.98. The molecule has 1 aromatic heterocycles. The Morgan fingerprint density at radius 3 is 2.50 bits per heavy atom. The minimum absolute atomic E-state index is 0.108. The van der Waals surface area contributed by atoms with Gasteiger partial charge < -0.3 is 14.5 Å². The number of hydrogen-bond acceptors (Lipinski definition) is 4. The molecule has 0 aliphatic carbocycles. The van der Waals surface area contributed by atoms with Gasteiger partial charge in [-0.1, -0.05) is 12.1 Å². The minimum Gasteiger partial charge on any atom is -0.457 e. The number of carbonyl (C=O) groups is 2. The lowest BCUT2D eigenvalue weighted by Gasteiger charge is -2.13. The zero-order valence-corrected chi connectivity index (χ0v) is 11.0. The monoisotopic (exact) mass is 313 g/mol. The van der Waals surface area contributed by atoms with E-state index in [9.17, 15) is 22.8 Å². The Morgan fingerprint density at radius 2 is 1.86 bits per heavy atom. The van der Waals surface area contributed by atoms with Crippen LogP contribution in [0.4, 0.5) is 18.9 Å². The van der Waals surface area contributed by atoms with Crippen molar-refractivity contribution in [3.8, 4) is 0 Å². The van der Waals surface area contributed by atoms with Gasteiger partial charge in [-0.05, 0) is 24.3 Å². The van der Waals surface area contributed by atoms with Gasteiger partial charge in [0.25, 0.3) is 5.91 Å². The Hall–Kier alpha value is -2.77. The fourth-order valence-electron chi connectivity index (χ4n) is 1.62. The van der Waals surface area contributed by atoms with Crippen molar-refractivity contribution in [2.75, 3.05) is 11.9 Å². The lowest BCUT2D eigenvalue weighted by atomic mass is 10.1. The molecule has 2 aromatic rings. The first-order chi connectivity index (χ1) is 10.4. The van der Waals surface area contributed by atoms with Crippen LogP contribution in [0.15, 0.2) is 47.1 Å². The summed E-state index contributed by atoms with van der Waals surface area (Å²) in [6.45, 7) is -0.730. The van der Waals surface area contributed by atoms with Gasteiger partial charge in [0.15, 0.2) is 6.61 Å². The molecule has 0 fully saturated rings. The molecule has 0 radical (unpaired) electrons. The molecule has 0 saturated heterocycles. The van der Waals surface area contributed by atoms with Crippen LogP contribution in [0.5, 0.6) is 0 Å². The predicted molar refractivity (Wildman–Crippen MR) is 69.1 cm³/mol. The van der Waals surface area contributed by atoms with Gasteiger partial charge in [-0.2, -0.15) is 13.2 Å². The molecule has 0 spiro atoms. The van der Waals surface area contributed by atoms with E-state index in [2.05, 4.69) is 10.1 Å². The Balaban J connectivity index is 1.97. The second-order valence-electron chi connectivity index (χ2n) is 4.14. The molecule has 0 saturated carbocycles. The first-order valence-electron chi connectivity index (χ1n) is 6.04. The highest BCUT2D eigenvalue weighted by Crippen LogP contribution is 2.34. The topological polar surface area (TPSA) is 68.5 Å². The van der Waals surface area contributed by atoms with Crippen LogP contribution in [0.2, 0.25) is 0 Å². The zero-order chi connectivity index (χ0) is 16.2. The van der Waals surface area contributed by atoms with E-state index in [1.807, 2.05) is 0 Å². The second kappa shape index (κ2) is 6.33. The Morgan fingerprint density at radius 1 is 1.14 bits per heavy atom. The van der Waals surface area contributed by atoms with Crippen molar-refractivity contribution in [3.05, 3.63) is 54.0 Å². The number of ether oxygens (including phenoxy) is 1. The number of para-hydroxylation sites is 1. The van der Waals surface area contributed by atoms with Crippen LogP contribution >= 0.6 is 0 Å². The summed E-state index contributed by atoms with van der Waals surface area (Å²) in [6, 6.07) is 7.28. The number of furan rings is 1. The first-order valence-corrected chi connectivity index (χ1v) is 6.04. The number of nitrogens with one attached hydrogen (secondary N) is 1. The van der Waals surface area contributed by atoms with Crippen LogP contribution < -0.4 is 5.32 Å². The molecular weight excluding hydrogens is 303 g/mol.